The fourth-order valence-corrected chi connectivity index (χ4v) is 5.18. The van der Waals surface area contributed by atoms with Crippen molar-refractivity contribution in [1.82, 2.24) is 19.3 Å². The molecule has 2 aromatic rings. The number of nitrogens with one attached hydrogen (secondary N) is 1. The van der Waals surface area contributed by atoms with E-state index in [4.69, 9.17) is 11.6 Å². The van der Waals surface area contributed by atoms with Crippen LogP contribution in [0.3, 0.4) is 0 Å². The van der Waals surface area contributed by atoms with E-state index in [0.29, 0.717) is 42.4 Å². The van der Waals surface area contributed by atoms with E-state index < -0.39 is 16.1 Å². The molecule has 4 rings (SSSR count). The summed E-state index contributed by atoms with van der Waals surface area (Å²) >= 11 is 6.29. The van der Waals surface area contributed by atoms with Crippen LogP contribution in [0.15, 0.2) is 12.4 Å². The third-order valence-electron chi connectivity index (χ3n) is 5.69. The van der Waals surface area contributed by atoms with E-state index >= 15 is 0 Å². The number of hydrogen-bond acceptors (Lipinski definition) is 7. The first-order valence-electron chi connectivity index (χ1n) is 9.54. The lowest BCUT2D eigenvalue weighted by Crippen LogP contribution is -2.42. The first-order valence-corrected chi connectivity index (χ1v) is 11.8. The molecule has 2 aliphatic rings. The molecule has 0 aromatic carbocycles. The van der Waals surface area contributed by atoms with Crippen LogP contribution in [0, 0.1) is 0 Å². The van der Waals surface area contributed by atoms with E-state index in [9.17, 15) is 13.5 Å². The monoisotopic (exact) mass is 425 g/mol. The highest BCUT2D eigenvalue weighted by Gasteiger charge is 2.30. The Morgan fingerprint density at radius 2 is 1.93 bits per heavy atom. The molecule has 152 valence electrons. The summed E-state index contributed by atoms with van der Waals surface area (Å²) in [4.78, 5) is 13.5. The van der Waals surface area contributed by atoms with Crippen molar-refractivity contribution in [2.24, 2.45) is 0 Å². The summed E-state index contributed by atoms with van der Waals surface area (Å²) in [6.07, 6.45) is 8.10. The lowest BCUT2D eigenvalue weighted by Gasteiger charge is -2.30. The number of anilines is 1. The van der Waals surface area contributed by atoms with E-state index in [0.717, 1.165) is 30.3 Å². The number of aliphatic hydroxyl groups excluding tert-OH is 1. The lowest BCUT2D eigenvalue weighted by molar-refractivity contribution is 0.163. The minimum Gasteiger partial charge on any atom is -0.392 e. The number of pyridine rings is 1. The average molecular weight is 426 g/mol. The molecule has 28 heavy (non-hydrogen) atoms. The molecule has 0 radical (unpaired) electrons. The van der Waals surface area contributed by atoms with Crippen LogP contribution >= 0.6 is 11.6 Å². The van der Waals surface area contributed by atoms with Gasteiger partial charge in [-0.25, -0.2) is 22.7 Å². The van der Waals surface area contributed by atoms with Gasteiger partial charge in [0.15, 0.2) is 0 Å². The van der Waals surface area contributed by atoms with Gasteiger partial charge in [0.1, 0.15) is 0 Å². The maximum atomic E-state index is 11.7. The number of aliphatic hydroxyl groups is 1. The summed E-state index contributed by atoms with van der Waals surface area (Å²) < 4.78 is 24.8. The van der Waals surface area contributed by atoms with E-state index in [1.54, 1.807) is 12.4 Å². The molecule has 2 fully saturated rings. The molecule has 1 saturated carbocycles. The van der Waals surface area contributed by atoms with E-state index in [1.165, 1.54) is 10.6 Å². The summed E-state index contributed by atoms with van der Waals surface area (Å²) in [5.74, 6) is 0.434. The Kier molecular flexibility index (Phi) is 5.43. The van der Waals surface area contributed by atoms with Gasteiger partial charge in [-0.05, 0) is 25.7 Å². The fourth-order valence-electron chi connectivity index (χ4n) is 4.12. The highest BCUT2D eigenvalue weighted by molar-refractivity contribution is 7.88. The summed E-state index contributed by atoms with van der Waals surface area (Å²) in [5, 5.41) is 14.8. The number of halogens is 1. The predicted molar refractivity (Wildman–Crippen MR) is 108 cm³/mol. The van der Waals surface area contributed by atoms with Crippen molar-refractivity contribution < 1.29 is 13.5 Å². The molecule has 2 aromatic heterocycles. The second-order valence-corrected chi connectivity index (χ2v) is 10.0. The molecule has 10 heteroatoms. The first kappa shape index (κ1) is 19.8. The zero-order chi connectivity index (χ0) is 19.9. The largest absolute Gasteiger partial charge is 0.392 e. The van der Waals surface area contributed by atoms with Crippen LogP contribution < -0.4 is 5.32 Å². The molecule has 2 atom stereocenters. The zero-order valence-corrected chi connectivity index (χ0v) is 17.2. The van der Waals surface area contributed by atoms with Gasteiger partial charge in [-0.2, -0.15) is 0 Å². The quantitative estimate of drug-likeness (QED) is 0.772. The summed E-state index contributed by atoms with van der Waals surface area (Å²) in [6.45, 7) is 0.966. The molecule has 8 nitrogen and oxygen atoms in total. The Balaban J connectivity index is 1.57. The minimum atomic E-state index is -3.15. The molecule has 1 aliphatic carbocycles. The van der Waals surface area contributed by atoms with Gasteiger partial charge in [0.25, 0.3) is 0 Å². The molecule has 0 unspecified atom stereocenters. The molecular formula is C18H24ClN5O3S. The Labute approximate surface area is 169 Å². The van der Waals surface area contributed by atoms with Crippen molar-refractivity contribution >= 4 is 38.5 Å². The van der Waals surface area contributed by atoms with Crippen LogP contribution in [0.4, 0.5) is 5.95 Å². The molecule has 3 heterocycles. The highest BCUT2D eigenvalue weighted by atomic mass is 35.5. The Morgan fingerprint density at radius 1 is 1.18 bits per heavy atom. The summed E-state index contributed by atoms with van der Waals surface area (Å²) in [6, 6.07) is 0.100. The van der Waals surface area contributed by atoms with Gasteiger partial charge < -0.3 is 10.4 Å². The van der Waals surface area contributed by atoms with E-state index in [1.807, 2.05) is 0 Å². The fraction of sp³-hybridized carbons (Fsp3) is 0.611. The van der Waals surface area contributed by atoms with Crippen molar-refractivity contribution in [3.8, 4) is 0 Å². The number of fused-ring (bicyclic) bond motifs is 1. The topological polar surface area (TPSA) is 108 Å². The Bertz CT molecular complexity index is 979. The van der Waals surface area contributed by atoms with Gasteiger partial charge in [-0.15, -0.1) is 0 Å². The molecule has 2 N–H and O–H groups in total. The molecule has 1 aliphatic heterocycles. The van der Waals surface area contributed by atoms with Crippen LogP contribution in [0.2, 0.25) is 5.02 Å². The van der Waals surface area contributed by atoms with Gasteiger partial charge in [-0.3, -0.25) is 4.98 Å². The normalized spacial score (nSPS) is 24.7. The van der Waals surface area contributed by atoms with Crippen LogP contribution in [0.1, 0.15) is 43.7 Å². The zero-order valence-electron chi connectivity index (χ0n) is 15.7. The predicted octanol–water partition coefficient (Wildman–Crippen LogP) is 2.14. The van der Waals surface area contributed by atoms with Crippen molar-refractivity contribution in [1.29, 1.82) is 0 Å². The van der Waals surface area contributed by atoms with Gasteiger partial charge in [-0.1, -0.05) is 18.0 Å². The summed E-state index contributed by atoms with van der Waals surface area (Å²) in [7, 11) is -3.15. The van der Waals surface area contributed by atoms with Crippen LogP contribution in [0.25, 0.3) is 10.9 Å². The second kappa shape index (κ2) is 7.70. The number of nitrogens with zero attached hydrogens (tertiary/aromatic N) is 4. The van der Waals surface area contributed by atoms with Crippen molar-refractivity contribution in [2.75, 3.05) is 24.7 Å². The number of hydrogen-bond donors (Lipinski definition) is 2. The maximum Gasteiger partial charge on any atom is 0.223 e. The lowest BCUT2D eigenvalue weighted by atomic mass is 9.99. The molecule has 0 spiro atoms. The van der Waals surface area contributed by atoms with Gasteiger partial charge in [0, 0.05) is 42.8 Å². The van der Waals surface area contributed by atoms with Gasteiger partial charge in [0.05, 0.1) is 28.6 Å². The molecule has 0 amide bonds. The average Bonchev–Trinajstić information content (AvgIpc) is 3.07. The second-order valence-electron chi connectivity index (χ2n) is 7.63. The molecular weight excluding hydrogens is 402 g/mol. The minimum absolute atomic E-state index is 0.0412. The van der Waals surface area contributed by atoms with Crippen molar-refractivity contribution in [3.05, 3.63) is 23.1 Å². The van der Waals surface area contributed by atoms with Gasteiger partial charge in [0.2, 0.25) is 16.0 Å². The van der Waals surface area contributed by atoms with Crippen molar-refractivity contribution in [2.45, 2.75) is 50.2 Å². The third-order valence-corrected chi connectivity index (χ3v) is 7.30. The smallest absolute Gasteiger partial charge is 0.223 e. The number of sulfonamides is 1. The summed E-state index contributed by atoms with van der Waals surface area (Å²) in [5.41, 5.74) is 1.44. The Hall–Kier alpha value is -1.55. The number of aromatic nitrogens is 3. The molecule has 0 bridgehead atoms. The van der Waals surface area contributed by atoms with E-state index in [-0.39, 0.29) is 12.0 Å². The first-order chi connectivity index (χ1) is 13.3. The number of rotatable bonds is 4. The van der Waals surface area contributed by atoms with Crippen LogP contribution in [0.5, 0.6) is 0 Å². The van der Waals surface area contributed by atoms with E-state index in [2.05, 4.69) is 20.3 Å². The number of piperidine rings is 1. The Morgan fingerprint density at radius 3 is 2.57 bits per heavy atom. The van der Waals surface area contributed by atoms with Crippen molar-refractivity contribution in [3.63, 3.8) is 0 Å². The van der Waals surface area contributed by atoms with Crippen LogP contribution in [-0.4, -0.2) is 64.3 Å². The SMILES string of the molecule is CS(=O)(=O)N1CCC(Nc2ncc3c(Cl)cnc([C@@H]4CCC[C@H]4O)c3n2)CC1. The van der Waals surface area contributed by atoms with Crippen LogP contribution in [-0.2, 0) is 10.0 Å². The third kappa shape index (κ3) is 3.94. The standard InChI is InChI=1S/C18H24ClN5O3S/c1-28(26,27)24-7-5-11(6-8-24)22-18-21-9-13-14(19)10-20-16(17(13)23-18)12-3-2-4-15(12)25/h9-12,15,25H,2-8H2,1H3,(H,21,22,23)/t12-,15-/m1/s1. The highest BCUT2D eigenvalue weighted by Crippen LogP contribution is 2.37. The molecule has 1 saturated heterocycles. The maximum absolute atomic E-state index is 11.7. The van der Waals surface area contributed by atoms with Gasteiger partial charge >= 0.3 is 0 Å².